The van der Waals surface area contributed by atoms with Gasteiger partial charge in [0, 0.05) is 18.4 Å². The highest BCUT2D eigenvalue weighted by atomic mass is 16.5. The summed E-state index contributed by atoms with van der Waals surface area (Å²) in [5, 5.41) is 24.0. The molecule has 2 aliphatic carbocycles. The summed E-state index contributed by atoms with van der Waals surface area (Å²) in [6, 6.07) is 14.3. The summed E-state index contributed by atoms with van der Waals surface area (Å²) in [6.45, 7) is 1.48. The molecule has 0 bridgehead atoms. The maximum Gasteiger partial charge on any atom is 0.407 e. The predicted molar refractivity (Wildman–Crippen MR) is 125 cm³/mol. The van der Waals surface area contributed by atoms with E-state index in [1.807, 2.05) is 36.4 Å². The van der Waals surface area contributed by atoms with Crippen molar-refractivity contribution in [2.24, 2.45) is 5.92 Å². The Morgan fingerprint density at radius 3 is 2.09 bits per heavy atom. The van der Waals surface area contributed by atoms with Gasteiger partial charge in [0.2, 0.25) is 5.91 Å². The fourth-order valence-electron chi connectivity index (χ4n) is 4.79. The van der Waals surface area contributed by atoms with Crippen LogP contribution in [0.25, 0.3) is 11.1 Å². The van der Waals surface area contributed by atoms with E-state index in [2.05, 4.69) is 22.8 Å². The third-order valence-corrected chi connectivity index (χ3v) is 6.84. The normalized spacial score (nSPS) is 17.5. The first-order valence-corrected chi connectivity index (χ1v) is 11.7. The Bertz CT molecular complexity index is 1020. The number of carboxylic acid groups (broad SMARTS) is 1. The van der Waals surface area contributed by atoms with Gasteiger partial charge in [-0.15, -0.1) is 0 Å². The van der Waals surface area contributed by atoms with Crippen molar-refractivity contribution < 1.29 is 29.3 Å². The molecule has 2 aliphatic rings. The van der Waals surface area contributed by atoms with E-state index in [-0.39, 0.29) is 24.9 Å². The number of carbonyl (C=O) groups is 3. The van der Waals surface area contributed by atoms with Crippen molar-refractivity contribution >= 4 is 18.0 Å². The van der Waals surface area contributed by atoms with Crippen molar-refractivity contribution in [2.45, 2.75) is 56.7 Å². The molecule has 8 heteroatoms. The van der Waals surface area contributed by atoms with Gasteiger partial charge in [0.1, 0.15) is 6.61 Å². The Kier molecular flexibility index (Phi) is 7.17. The lowest BCUT2D eigenvalue weighted by molar-refractivity contribution is -0.144. The van der Waals surface area contributed by atoms with Crippen LogP contribution in [0.1, 0.15) is 49.7 Å². The molecule has 2 aromatic carbocycles. The fraction of sp³-hybridized carbons (Fsp3) is 0.423. The Hall–Kier alpha value is -3.39. The van der Waals surface area contributed by atoms with E-state index < -0.39 is 36.2 Å². The number of fused-ring (bicyclic) bond motifs is 3. The van der Waals surface area contributed by atoms with E-state index in [0.29, 0.717) is 0 Å². The second-order valence-electron chi connectivity index (χ2n) is 9.10. The third kappa shape index (κ3) is 5.07. The van der Waals surface area contributed by atoms with E-state index >= 15 is 0 Å². The Balaban J connectivity index is 1.38. The summed E-state index contributed by atoms with van der Waals surface area (Å²) in [5.41, 5.74) is 4.51. The lowest BCUT2D eigenvalue weighted by Gasteiger charge is -2.34. The molecule has 2 amide bonds. The molecule has 1 unspecified atom stereocenters. The van der Waals surface area contributed by atoms with E-state index in [4.69, 9.17) is 4.74 Å². The summed E-state index contributed by atoms with van der Waals surface area (Å²) in [5.74, 6) is -1.79. The second-order valence-corrected chi connectivity index (χ2v) is 9.10. The van der Waals surface area contributed by atoms with Gasteiger partial charge in [-0.3, -0.25) is 4.79 Å². The first kappa shape index (κ1) is 23.8. The van der Waals surface area contributed by atoms with Crippen LogP contribution in [0.2, 0.25) is 0 Å². The van der Waals surface area contributed by atoms with Crippen molar-refractivity contribution in [2.75, 3.05) is 6.61 Å². The number of hydrogen-bond donors (Lipinski definition) is 4. The molecule has 1 saturated carbocycles. The van der Waals surface area contributed by atoms with E-state index in [1.165, 1.54) is 6.92 Å². The van der Waals surface area contributed by atoms with Crippen molar-refractivity contribution in [1.29, 1.82) is 0 Å². The topological polar surface area (TPSA) is 125 Å². The largest absolute Gasteiger partial charge is 0.480 e. The number of aliphatic carboxylic acids is 1. The smallest absolute Gasteiger partial charge is 0.407 e. The van der Waals surface area contributed by atoms with Crippen molar-refractivity contribution in [3.05, 3.63) is 59.7 Å². The molecular formula is C26H30N2O6. The first-order valence-electron chi connectivity index (χ1n) is 11.7. The maximum atomic E-state index is 12.7. The minimum Gasteiger partial charge on any atom is -0.480 e. The molecule has 180 valence electrons. The number of hydrogen-bond acceptors (Lipinski definition) is 5. The highest BCUT2D eigenvalue weighted by molar-refractivity contribution is 5.84. The summed E-state index contributed by atoms with van der Waals surface area (Å²) in [7, 11) is 0. The number of rotatable bonds is 9. The van der Waals surface area contributed by atoms with Crippen LogP contribution in [0.4, 0.5) is 4.79 Å². The Morgan fingerprint density at radius 2 is 1.59 bits per heavy atom. The molecule has 34 heavy (non-hydrogen) atoms. The number of alkyl carbamates (subject to hydrolysis) is 1. The molecule has 0 aliphatic heterocycles. The minimum absolute atomic E-state index is 0.0639. The molecule has 0 heterocycles. The van der Waals surface area contributed by atoms with Crippen LogP contribution in [0.5, 0.6) is 0 Å². The number of ether oxygens (including phenoxy) is 1. The lowest BCUT2D eigenvalue weighted by atomic mass is 9.78. The number of nitrogens with one attached hydrogen (secondary N) is 2. The predicted octanol–water partition coefficient (Wildman–Crippen LogP) is 3.03. The average molecular weight is 467 g/mol. The monoisotopic (exact) mass is 466 g/mol. The highest BCUT2D eigenvalue weighted by Crippen LogP contribution is 2.44. The van der Waals surface area contributed by atoms with E-state index in [0.717, 1.165) is 41.5 Å². The van der Waals surface area contributed by atoms with Gasteiger partial charge in [0.15, 0.2) is 6.04 Å². The number of benzene rings is 2. The van der Waals surface area contributed by atoms with Gasteiger partial charge in [0.05, 0.1) is 6.10 Å². The van der Waals surface area contributed by atoms with Crippen LogP contribution in [0.3, 0.4) is 0 Å². The SMILES string of the molecule is C[C@@H](O)[C@H](NC(=O)CC(NC(=O)OCC1c2ccccc2-c2ccccc21)C1CCC1)C(=O)O. The van der Waals surface area contributed by atoms with Crippen LogP contribution in [-0.2, 0) is 14.3 Å². The molecule has 4 rings (SSSR count). The van der Waals surface area contributed by atoms with Gasteiger partial charge in [-0.25, -0.2) is 9.59 Å². The van der Waals surface area contributed by atoms with Crippen LogP contribution in [-0.4, -0.2) is 53.0 Å². The number of carbonyl (C=O) groups excluding carboxylic acids is 2. The highest BCUT2D eigenvalue weighted by Gasteiger charge is 2.34. The molecule has 2 aromatic rings. The molecule has 0 radical (unpaired) electrons. The van der Waals surface area contributed by atoms with Crippen molar-refractivity contribution in [1.82, 2.24) is 10.6 Å². The van der Waals surface area contributed by atoms with Crippen LogP contribution < -0.4 is 10.6 Å². The number of aliphatic hydroxyl groups is 1. The second kappa shape index (κ2) is 10.3. The maximum absolute atomic E-state index is 12.7. The van der Waals surface area contributed by atoms with Gasteiger partial charge in [0.25, 0.3) is 0 Å². The molecule has 4 N–H and O–H groups in total. The molecule has 1 fully saturated rings. The Morgan fingerprint density at radius 1 is 1.00 bits per heavy atom. The third-order valence-electron chi connectivity index (χ3n) is 6.84. The quantitative estimate of drug-likeness (QED) is 0.450. The van der Waals surface area contributed by atoms with Crippen molar-refractivity contribution in [3.63, 3.8) is 0 Å². The lowest BCUT2D eigenvalue weighted by Crippen LogP contribution is -2.51. The summed E-state index contributed by atoms with van der Waals surface area (Å²) < 4.78 is 5.61. The zero-order chi connectivity index (χ0) is 24.2. The number of amides is 2. The summed E-state index contributed by atoms with van der Waals surface area (Å²) in [4.78, 5) is 36.4. The number of aliphatic hydroxyl groups excluding tert-OH is 1. The first-order chi connectivity index (χ1) is 16.3. The minimum atomic E-state index is -1.40. The molecule has 3 atom stereocenters. The molecule has 0 saturated heterocycles. The van der Waals surface area contributed by atoms with Crippen molar-refractivity contribution in [3.8, 4) is 11.1 Å². The molecule has 0 aromatic heterocycles. The summed E-state index contributed by atoms with van der Waals surface area (Å²) in [6.07, 6.45) is 0.850. The fourth-order valence-corrected chi connectivity index (χ4v) is 4.79. The molecule has 0 spiro atoms. The molecular weight excluding hydrogens is 436 g/mol. The van der Waals surface area contributed by atoms with Gasteiger partial charge in [-0.2, -0.15) is 0 Å². The zero-order valence-electron chi connectivity index (χ0n) is 19.1. The van der Waals surface area contributed by atoms with Crippen LogP contribution >= 0.6 is 0 Å². The average Bonchev–Trinajstić information content (AvgIpc) is 3.08. The van der Waals surface area contributed by atoms with E-state index in [1.54, 1.807) is 0 Å². The molecule has 8 nitrogen and oxygen atoms in total. The van der Waals surface area contributed by atoms with Crippen LogP contribution in [0.15, 0.2) is 48.5 Å². The van der Waals surface area contributed by atoms with Crippen LogP contribution in [0, 0.1) is 5.92 Å². The number of carboxylic acids is 1. The Labute approximate surface area is 198 Å². The zero-order valence-corrected chi connectivity index (χ0v) is 19.1. The standard InChI is InChI=1S/C26H30N2O6/c1-15(29)24(25(31)32)28-23(30)13-22(16-7-6-8-16)27-26(33)34-14-21-19-11-4-2-9-17(19)18-10-3-5-12-20(18)21/h2-5,9-12,15-16,21-22,24,29H,6-8,13-14H2,1H3,(H,27,33)(H,28,30)(H,31,32)/t15-,22?,24+/m1/s1. The van der Waals surface area contributed by atoms with Gasteiger partial charge in [-0.05, 0) is 47.9 Å². The van der Waals surface area contributed by atoms with Gasteiger partial charge >= 0.3 is 12.1 Å². The summed E-state index contributed by atoms with van der Waals surface area (Å²) >= 11 is 0. The van der Waals surface area contributed by atoms with E-state index in [9.17, 15) is 24.6 Å². The van der Waals surface area contributed by atoms with Gasteiger partial charge in [-0.1, -0.05) is 55.0 Å². The van der Waals surface area contributed by atoms with Gasteiger partial charge < -0.3 is 25.6 Å².